The summed E-state index contributed by atoms with van der Waals surface area (Å²) in [4.78, 5) is 5.42. The van der Waals surface area contributed by atoms with Gasteiger partial charge in [0.05, 0.1) is 0 Å². The van der Waals surface area contributed by atoms with Gasteiger partial charge in [0.15, 0.2) is 0 Å². The molecule has 63 heavy (non-hydrogen) atoms. The van der Waals surface area contributed by atoms with Crippen LogP contribution in [-0.2, 0) is 37.9 Å². The number of hydrogen-bond donors (Lipinski definition) is 0. The first-order valence-corrected chi connectivity index (χ1v) is 24.5. The van der Waals surface area contributed by atoms with Gasteiger partial charge < -0.3 is 9.80 Å². The number of fused-ring (bicyclic) bond motifs is 7. The summed E-state index contributed by atoms with van der Waals surface area (Å²) >= 11 is 0. The average molecular weight is 835 g/mol. The molecule has 5 aliphatic rings. The first-order valence-electron chi connectivity index (χ1n) is 24.5. The number of benzene rings is 5. The van der Waals surface area contributed by atoms with E-state index >= 15 is 0 Å². The van der Waals surface area contributed by atoms with Gasteiger partial charge in [-0.05, 0) is 199 Å². The van der Waals surface area contributed by atoms with E-state index in [1.54, 1.807) is 0 Å². The van der Waals surface area contributed by atoms with Gasteiger partial charge in [-0.3, -0.25) is 0 Å². The van der Waals surface area contributed by atoms with Crippen LogP contribution in [0.3, 0.4) is 0 Å². The predicted octanol–water partition coefficient (Wildman–Crippen LogP) is 14.7. The molecule has 3 heteroatoms. The summed E-state index contributed by atoms with van der Waals surface area (Å²) in [7, 11) is 0. The van der Waals surface area contributed by atoms with Crippen LogP contribution >= 0.6 is 0 Å². The maximum Gasteiger partial charge on any atom is 0.252 e. The number of rotatable bonds is 2. The molecule has 0 unspecified atom stereocenters. The van der Waals surface area contributed by atoms with Crippen molar-refractivity contribution >= 4 is 57.2 Å². The molecule has 0 spiro atoms. The fourth-order valence-corrected chi connectivity index (χ4v) is 12.9. The lowest BCUT2D eigenvalue weighted by Gasteiger charge is -2.48. The zero-order chi connectivity index (χ0) is 45.4. The lowest BCUT2D eigenvalue weighted by atomic mass is 9.33. The van der Waals surface area contributed by atoms with Crippen LogP contribution in [0, 0.1) is 13.8 Å². The Balaban J connectivity index is 1.33. The summed E-state index contributed by atoms with van der Waals surface area (Å²) in [6.07, 6.45) is 7.21. The maximum atomic E-state index is 2.72. The number of aryl methyl sites for hydroxylation is 2. The summed E-state index contributed by atoms with van der Waals surface area (Å²) < 4.78 is 0. The quantitative estimate of drug-likeness (QED) is 0.160. The summed E-state index contributed by atoms with van der Waals surface area (Å²) in [6, 6.07) is 30.7. The second kappa shape index (κ2) is 13.2. The number of hydrogen-bond acceptors (Lipinski definition) is 2. The molecular weight excluding hydrogens is 759 g/mol. The third kappa shape index (κ3) is 6.31. The van der Waals surface area contributed by atoms with Crippen LogP contribution in [0.5, 0.6) is 0 Å². The van der Waals surface area contributed by atoms with Gasteiger partial charge in [-0.15, -0.1) is 0 Å². The summed E-state index contributed by atoms with van der Waals surface area (Å²) in [5, 5.41) is 0. The Kier molecular flexibility index (Phi) is 8.94. The van der Waals surface area contributed by atoms with Crippen molar-refractivity contribution in [3.63, 3.8) is 0 Å². The second-order valence-corrected chi connectivity index (χ2v) is 26.0. The zero-order valence-corrected chi connectivity index (χ0v) is 42.1. The second-order valence-electron chi connectivity index (χ2n) is 26.0. The highest BCUT2D eigenvalue weighted by Gasteiger charge is 2.48. The van der Waals surface area contributed by atoms with Gasteiger partial charge >= 0.3 is 0 Å². The van der Waals surface area contributed by atoms with Crippen molar-refractivity contribution in [3.8, 4) is 0 Å². The molecule has 0 atom stereocenters. The Morgan fingerprint density at radius 1 is 0.413 bits per heavy atom. The van der Waals surface area contributed by atoms with E-state index in [4.69, 9.17) is 0 Å². The van der Waals surface area contributed by atoms with Gasteiger partial charge in [-0.2, -0.15) is 0 Å². The third-order valence-corrected chi connectivity index (χ3v) is 17.6. The minimum absolute atomic E-state index is 0.00268. The Labute approximate surface area is 382 Å². The molecular formula is C60H75BN2. The average Bonchev–Trinajstić information content (AvgIpc) is 3.19. The Bertz CT molecular complexity index is 2760. The predicted molar refractivity (Wildman–Crippen MR) is 274 cm³/mol. The van der Waals surface area contributed by atoms with Crippen molar-refractivity contribution in [2.75, 3.05) is 9.80 Å². The monoisotopic (exact) mass is 835 g/mol. The highest BCUT2D eigenvalue weighted by Crippen LogP contribution is 2.54. The number of nitrogens with zero attached hydrogens (tertiary/aromatic N) is 2. The molecule has 0 saturated heterocycles. The lowest BCUT2D eigenvalue weighted by Crippen LogP contribution is -2.62. The molecule has 2 aliphatic heterocycles. The van der Waals surface area contributed by atoms with Crippen LogP contribution in [0.1, 0.15) is 192 Å². The van der Waals surface area contributed by atoms with Crippen molar-refractivity contribution in [2.24, 2.45) is 0 Å². The lowest BCUT2D eigenvalue weighted by molar-refractivity contribution is 0.332. The maximum absolute atomic E-state index is 2.72. The van der Waals surface area contributed by atoms with Crippen molar-refractivity contribution in [1.29, 1.82) is 0 Å². The molecule has 0 fully saturated rings. The molecule has 0 bridgehead atoms. The van der Waals surface area contributed by atoms with Crippen molar-refractivity contribution in [1.82, 2.24) is 0 Å². The van der Waals surface area contributed by atoms with Crippen LogP contribution in [-0.4, -0.2) is 6.71 Å². The summed E-state index contributed by atoms with van der Waals surface area (Å²) in [6.45, 7) is 41.7. The van der Waals surface area contributed by atoms with Crippen molar-refractivity contribution in [2.45, 2.75) is 194 Å². The van der Waals surface area contributed by atoms with Crippen LogP contribution in [0.2, 0.25) is 0 Å². The molecule has 0 amide bonds. The molecule has 0 N–H and O–H groups in total. The Hall–Kier alpha value is -4.24. The van der Waals surface area contributed by atoms with E-state index in [1.165, 1.54) is 139 Å². The van der Waals surface area contributed by atoms with Crippen molar-refractivity contribution < 1.29 is 0 Å². The minimum atomic E-state index is 0.00268. The van der Waals surface area contributed by atoms with Crippen LogP contribution in [0.4, 0.5) is 34.1 Å². The first-order chi connectivity index (χ1) is 29.1. The highest BCUT2D eigenvalue weighted by molar-refractivity contribution is 7.00. The molecule has 0 aromatic heterocycles. The van der Waals surface area contributed by atoms with Gasteiger partial charge in [0.1, 0.15) is 0 Å². The smallest absolute Gasteiger partial charge is 0.252 e. The van der Waals surface area contributed by atoms with Gasteiger partial charge in [-0.1, -0.05) is 134 Å². The molecule has 10 rings (SSSR count). The molecule has 3 aliphatic carbocycles. The Morgan fingerprint density at radius 3 is 1.40 bits per heavy atom. The fraction of sp³-hybridized carbons (Fsp3) is 0.500. The third-order valence-electron chi connectivity index (χ3n) is 17.6. The standard InChI is InChI=1S/C60H75BN2/c1-36-28-51-53-52(29-36)63(49-34-44-41(30-37(49)2)56(8,9)24-26-59(44,14)15)48-21-18-38(54(3,4)5)31-46(48)61(53)47-33-43-45(60(16,17)27-25-58(43,12)13)35-50(47)62(51)39-19-20-40-42(32-39)57(10,11)23-22-55(40,6)7/h18-21,28-35H,22-27H2,1-17H3. The van der Waals surface area contributed by atoms with E-state index in [0.29, 0.717) is 0 Å². The molecule has 2 nitrogen and oxygen atoms in total. The van der Waals surface area contributed by atoms with Crippen LogP contribution in [0.25, 0.3) is 0 Å². The molecule has 5 aromatic rings. The van der Waals surface area contributed by atoms with E-state index in [9.17, 15) is 0 Å². The van der Waals surface area contributed by atoms with Gasteiger partial charge in [0, 0.05) is 34.1 Å². The normalized spacial score (nSPS) is 21.4. The van der Waals surface area contributed by atoms with Gasteiger partial charge in [0.2, 0.25) is 0 Å². The fourth-order valence-electron chi connectivity index (χ4n) is 12.9. The zero-order valence-electron chi connectivity index (χ0n) is 42.1. The van der Waals surface area contributed by atoms with E-state index in [1.807, 2.05) is 0 Å². The number of anilines is 6. The topological polar surface area (TPSA) is 6.48 Å². The van der Waals surface area contributed by atoms with Crippen molar-refractivity contribution in [3.05, 3.63) is 123 Å². The van der Waals surface area contributed by atoms with Gasteiger partial charge in [0.25, 0.3) is 6.71 Å². The van der Waals surface area contributed by atoms with E-state index < -0.39 is 0 Å². The van der Waals surface area contributed by atoms with E-state index in [0.717, 1.165) is 0 Å². The SMILES string of the molecule is Cc1cc2c3c(c1)N(c1cc4c(cc1C)C(C)(C)CCC4(C)C)c1ccc(C(C)(C)C)cc1B3c1cc3c(cc1N2c1ccc2c(c1)C(C)(C)CCC2(C)C)C(C)(C)CCC3(C)C. The molecule has 328 valence electrons. The summed E-state index contributed by atoms with van der Waals surface area (Å²) in [5.41, 5.74) is 26.1. The largest absolute Gasteiger partial charge is 0.311 e. The van der Waals surface area contributed by atoms with Crippen LogP contribution < -0.4 is 26.2 Å². The highest BCUT2D eigenvalue weighted by atomic mass is 15.2. The summed E-state index contributed by atoms with van der Waals surface area (Å²) in [5.74, 6) is 0. The molecule has 0 radical (unpaired) electrons. The minimum Gasteiger partial charge on any atom is -0.311 e. The molecule has 0 saturated carbocycles. The first kappa shape index (κ1) is 42.7. The van der Waals surface area contributed by atoms with Crippen LogP contribution in [0.15, 0.2) is 72.8 Å². The van der Waals surface area contributed by atoms with Gasteiger partial charge in [-0.25, -0.2) is 0 Å². The van der Waals surface area contributed by atoms with E-state index in [2.05, 4.69) is 200 Å². The molecule has 5 aromatic carbocycles. The molecule has 2 heterocycles. The Morgan fingerprint density at radius 2 is 0.857 bits per heavy atom. The van der Waals surface area contributed by atoms with E-state index in [-0.39, 0.29) is 44.6 Å².